The van der Waals surface area contributed by atoms with Crippen LogP contribution < -0.4 is 0 Å². The lowest BCUT2D eigenvalue weighted by molar-refractivity contribution is -0.151. The van der Waals surface area contributed by atoms with E-state index in [9.17, 15) is 4.79 Å². The van der Waals surface area contributed by atoms with Crippen LogP contribution in [0, 0.1) is 40.4 Å². The van der Waals surface area contributed by atoms with E-state index in [0.29, 0.717) is 17.3 Å². The second-order valence-corrected chi connectivity index (χ2v) is 14.7. The molecule has 0 aliphatic heterocycles. The fourth-order valence-corrected chi connectivity index (χ4v) is 9.31. The van der Waals surface area contributed by atoms with Crippen LogP contribution in [0.3, 0.4) is 0 Å². The molecule has 0 radical (unpaired) electrons. The SMILES string of the molecule is CCCCCCCCC(=O)O[C@H]1CC[C@@]2(C)C(=CC[C@H]3C4=CC[C@H]([C@H](C)CCCC(C)C)[C@@]4(C)CCC32)C1. The Balaban J connectivity index is 1.32. The first-order chi connectivity index (χ1) is 18.2. The first kappa shape index (κ1) is 29.9. The zero-order valence-corrected chi connectivity index (χ0v) is 26.0. The van der Waals surface area contributed by atoms with E-state index in [1.807, 2.05) is 5.57 Å². The molecule has 4 aliphatic rings. The van der Waals surface area contributed by atoms with Gasteiger partial charge in [0.2, 0.25) is 0 Å². The van der Waals surface area contributed by atoms with Crippen LogP contribution in [0.15, 0.2) is 23.3 Å². The third kappa shape index (κ3) is 6.46. The Bertz CT molecular complexity index is 851. The van der Waals surface area contributed by atoms with Crippen molar-refractivity contribution >= 4 is 5.97 Å². The maximum Gasteiger partial charge on any atom is 0.306 e. The number of carbonyl (C=O) groups is 1. The highest BCUT2D eigenvalue weighted by atomic mass is 16.5. The third-order valence-electron chi connectivity index (χ3n) is 11.7. The number of rotatable bonds is 13. The minimum atomic E-state index is 0.0430. The molecule has 216 valence electrons. The Morgan fingerprint density at radius 1 is 0.921 bits per heavy atom. The maximum atomic E-state index is 12.6. The Hall–Kier alpha value is -1.05. The summed E-state index contributed by atoms with van der Waals surface area (Å²) in [6.45, 7) is 14.7. The standard InChI is InChI=1S/C36H60O2/c1-7-8-9-10-11-12-16-34(37)38-29-21-23-35(5)28(25-29)17-18-30-32-20-19-31(27(4)15-13-14-26(2)3)36(32,6)24-22-33(30)35/h17,20,26-27,29-31,33H,7-16,18-19,21-25H2,1-6H3/t27-,29+,30+,31-,33?,35+,36-/m1/s1. The molecule has 4 aliphatic carbocycles. The van der Waals surface area contributed by atoms with Crippen LogP contribution in [-0.2, 0) is 9.53 Å². The number of esters is 1. The molecule has 38 heavy (non-hydrogen) atoms. The number of unbranched alkanes of at least 4 members (excludes halogenated alkanes) is 5. The largest absolute Gasteiger partial charge is 0.462 e. The van der Waals surface area contributed by atoms with E-state index in [4.69, 9.17) is 4.74 Å². The Morgan fingerprint density at radius 2 is 1.66 bits per heavy atom. The smallest absolute Gasteiger partial charge is 0.306 e. The molecule has 2 saturated carbocycles. The molecule has 0 heterocycles. The lowest BCUT2D eigenvalue weighted by Gasteiger charge is -2.57. The van der Waals surface area contributed by atoms with Gasteiger partial charge in [0.15, 0.2) is 0 Å². The van der Waals surface area contributed by atoms with Crippen LogP contribution in [0.5, 0.6) is 0 Å². The fraction of sp³-hybridized carbons (Fsp3) is 0.861. The maximum absolute atomic E-state index is 12.6. The van der Waals surface area contributed by atoms with Gasteiger partial charge in [0.05, 0.1) is 0 Å². The molecular formula is C36H60O2. The van der Waals surface area contributed by atoms with Crippen molar-refractivity contribution in [3.8, 4) is 0 Å². The summed E-state index contributed by atoms with van der Waals surface area (Å²) in [7, 11) is 0. The van der Waals surface area contributed by atoms with Crippen molar-refractivity contribution in [3.63, 3.8) is 0 Å². The molecular weight excluding hydrogens is 464 g/mol. The highest BCUT2D eigenvalue weighted by Crippen LogP contribution is 2.65. The van der Waals surface area contributed by atoms with Crippen molar-refractivity contribution in [1.29, 1.82) is 0 Å². The average Bonchev–Trinajstić information content (AvgIpc) is 3.23. The van der Waals surface area contributed by atoms with Crippen LogP contribution in [0.2, 0.25) is 0 Å². The average molecular weight is 525 g/mol. The molecule has 0 saturated heterocycles. The van der Waals surface area contributed by atoms with Crippen molar-refractivity contribution in [2.75, 3.05) is 0 Å². The molecule has 4 rings (SSSR count). The van der Waals surface area contributed by atoms with E-state index in [1.54, 1.807) is 5.57 Å². The molecule has 0 bridgehead atoms. The predicted octanol–water partition coefficient (Wildman–Crippen LogP) is 10.6. The van der Waals surface area contributed by atoms with Crippen molar-refractivity contribution in [1.82, 2.24) is 0 Å². The van der Waals surface area contributed by atoms with E-state index < -0.39 is 0 Å². The van der Waals surface area contributed by atoms with E-state index in [1.165, 1.54) is 83.5 Å². The Kier molecular flexibility index (Phi) is 10.3. The van der Waals surface area contributed by atoms with Crippen LogP contribution in [0.4, 0.5) is 0 Å². The first-order valence-corrected chi connectivity index (χ1v) is 16.8. The molecule has 0 aromatic heterocycles. The highest BCUT2D eigenvalue weighted by Gasteiger charge is 2.56. The Labute approximate surface area is 235 Å². The summed E-state index contributed by atoms with van der Waals surface area (Å²) in [5.74, 6) is 4.05. The molecule has 2 nitrogen and oxygen atoms in total. The third-order valence-corrected chi connectivity index (χ3v) is 11.7. The van der Waals surface area contributed by atoms with E-state index >= 15 is 0 Å². The minimum Gasteiger partial charge on any atom is -0.462 e. The van der Waals surface area contributed by atoms with E-state index in [2.05, 4.69) is 53.7 Å². The highest BCUT2D eigenvalue weighted by molar-refractivity contribution is 5.69. The summed E-state index contributed by atoms with van der Waals surface area (Å²) in [6, 6.07) is 0. The lowest BCUT2D eigenvalue weighted by atomic mass is 9.48. The van der Waals surface area contributed by atoms with Crippen LogP contribution >= 0.6 is 0 Å². The summed E-state index contributed by atoms with van der Waals surface area (Å²) in [5.41, 5.74) is 4.17. The summed E-state index contributed by atoms with van der Waals surface area (Å²) >= 11 is 0. The fourth-order valence-electron chi connectivity index (χ4n) is 9.31. The number of hydrogen-bond donors (Lipinski definition) is 0. The van der Waals surface area contributed by atoms with Gasteiger partial charge in [0.1, 0.15) is 6.10 Å². The van der Waals surface area contributed by atoms with Crippen LogP contribution in [0.1, 0.15) is 151 Å². The number of hydrogen-bond acceptors (Lipinski definition) is 2. The lowest BCUT2D eigenvalue weighted by Crippen LogP contribution is -2.48. The van der Waals surface area contributed by atoms with Gasteiger partial charge in [0, 0.05) is 12.8 Å². The van der Waals surface area contributed by atoms with Gasteiger partial charge in [-0.2, -0.15) is 0 Å². The Morgan fingerprint density at radius 3 is 2.42 bits per heavy atom. The second-order valence-electron chi connectivity index (χ2n) is 14.7. The van der Waals surface area contributed by atoms with E-state index in [-0.39, 0.29) is 12.1 Å². The number of fused-ring (bicyclic) bond motifs is 5. The molecule has 0 aromatic carbocycles. The summed E-state index contributed by atoms with van der Waals surface area (Å²) in [4.78, 5) is 12.6. The zero-order chi connectivity index (χ0) is 27.3. The minimum absolute atomic E-state index is 0.0430. The first-order valence-electron chi connectivity index (χ1n) is 16.8. The monoisotopic (exact) mass is 524 g/mol. The van der Waals surface area contributed by atoms with Gasteiger partial charge in [-0.25, -0.2) is 0 Å². The van der Waals surface area contributed by atoms with Crippen LogP contribution in [-0.4, -0.2) is 12.1 Å². The van der Waals surface area contributed by atoms with Gasteiger partial charge >= 0.3 is 5.97 Å². The van der Waals surface area contributed by atoms with Gasteiger partial charge < -0.3 is 4.74 Å². The molecule has 1 unspecified atom stereocenters. The molecule has 2 heteroatoms. The van der Waals surface area contributed by atoms with Crippen LogP contribution in [0.25, 0.3) is 0 Å². The van der Waals surface area contributed by atoms with Gasteiger partial charge in [-0.15, -0.1) is 0 Å². The quantitative estimate of drug-likeness (QED) is 0.136. The normalized spacial score (nSPS) is 35.1. The molecule has 2 fully saturated rings. The molecule has 0 amide bonds. The molecule has 0 aromatic rings. The van der Waals surface area contributed by atoms with Gasteiger partial charge in [0.25, 0.3) is 0 Å². The summed E-state index contributed by atoms with van der Waals surface area (Å²) in [5, 5.41) is 0. The van der Waals surface area contributed by atoms with Gasteiger partial charge in [-0.05, 0) is 85.4 Å². The van der Waals surface area contributed by atoms with Crippen molar-refractivity contribution in [2.45, 2.75) is 157 Å². The van der Waals surface area contributed by atoms with Crippen molar-refractivity contribution in [3.05, 3.63) is 23.3 Å². The number of carbonyl (C=O) groups excluding carboxylic acids is 1. The number of ether oxygens (including phenoxy) is 1. The zero-order valence-electron chi connectivity index (χ0n) is 26.0. The predicted molar refractivity (Wildman–Crippen MR) is 161 cm³/mol. The van der Waals surface area contributed by atoms with Crippen molar-refractivity contribution < 1.29 is 9.53 Å². The topological polar surface area (TPSA) is 26.3 Å². The second kappa shape index (κ2) is 13.1. The molecule has 0 spiro atoms. The van der Waals surface area contributed by atoms with Crippen molar-refractivity contribution in [2.24, 2.45) is 40.4 Å². The summed E-state index contributed by atoms with van der Waals surface area (Å²) in [6.07, 6.45) is 26.0. The van der Waals surface area contributed by atoms with E-state index in [0.717, 1.165) is 48.9 Å². The van der Waals surface area contributed by atoms with Gasteiger partial charge in [-0.1, -0.05) is 116 Å². The number of allylic oxidation sites excluding steroid dienone is 3. The summed E-state index contributed by atoms with van der Waals surface area (Å²) < 4.78 is 6.03. The van der Waals surface area contributed by atoms with Gasteiger partial charge in [-0.3, -0.25) is 4.79 Å². The molecule has 0 N–H and O–H groups in total. The molecule has 7 atom stereocenters.